The first kappa shape index (κ1) is 21.6. The van der Waals surface area contributed by atoms with E-state index in [-0.39, 0.29) is 23.9 Å². The number of aromatic nitrogens is 2. The van der Waals surface area contributed by atoms with Gasteiger partial charge in [-0.15, -0.1) is 0 Å². The van der Waals surface area contributed by atoms with Crippen molar-refractivity contribution in [2.24, 2.45) is 5.73 Å². The molecular formula is C25H29N5O2. The molecule has 1 atom stereocenters. The molecule has 2 aromatic carbocycles. The van der Waals surface area contributed by atoms with E-state index in [0.717, 1.165) is 29.8 Å². The second-order valence-electron chi connectivity index (χ2n) is 9.28. The Balaban J connectivity index is 1.60. The predicted molar refractivity (Wildman–Crippen MR) is 125 cm³/mol. The third-order valence-corrected chi connectivity index (χ3v) is 5.69. The van der Waals surface area contributed by atoms with Crippen molar-refractivity contribution in [3.63, 3.8) is 0 Å². The number of nitrogens with zero attached hydrogens (tertiary/aromatic N) is 2. The summed E-state index contributed by atoms with van der Waals surface area (Å²) in [5.41, 5.74) is 10.00. The number of urea groups is 1. The van der Waals surface area contributed by atoms with E-state index >= 15 is 0 Å². The van der Waals surface area contributed by atoms with Crippen LogP contribution in [0.4, 0.5) is 10.6 Å². The lowest BCUT2D eigenvalue weighted by Gasteiger charge is -2.15. The van der Waals surface area contributed by atoms with Crippen molar-refractivity contribution in [2.75, 3.05) is 5.32 Å². The van der Waals surface area contributed by atoms with E-state index in [1.54, 1.807) is 4.68 Å². The number of hydrogen-bond donors (Lipinski definition) is 3. The third-order valence-electron chi connectivity index (χ3n) is 5.69. The molecule has 1 aromatic heterocycles. The fraction of sp³-hybridized carbons (Fsp3) is 0.320. The van der Waals surface area contributed by atoms with Crippen molar-refractivity contribution in [3.8, 4) is 5.69 Å². The molecule has 0 bridgehead atoms. The monoisotopic (exact) mass is 431 g/mol. The normalized spacial score (nSPS) is 15.3. The highest BCUT2D eigenvalue weighted by atomic mass is 16.2. The van der Waals surface area contributed by atoms with Gasteiger partial charge in [-0.2, -0.15) is 5.10 Å². The number of benzene rings is 2. The van der Waals surface area contributed by atoms with Crippen LogP contribution in [0.1, 0.15) is 55.6 Å². The van der Waals surface area contributed by atoms with E-state index in [0.29, 0.717) is 5.82 Å². The second kappa shape index (κ2) is 8.49. The maximum Gasteiger partial charge on any atom is 0.320 e. The smallest absolute Gasteiger partial charge is 0.320 e. The molecule has 0 unspecified atom stereocenters. The molecular weight excluding hydrogens is 402 g/mol. The summed E-state index contributed by atoms with van der Waals surface area (Å²) in [4.78, 5) is 24.3. The van der Waals surface area contributed by atoms with Gasteiger partial charge in [0.15, 0.2) is 0 Å². The van der Waals surface area contributed by atoms with Gasteiger partial charge in [0.05, 0.1) is 23.8 Å². The predicted octanol–water partition coefficient (Wildman–Crippen LogP) is 4.01. The van der Waals surface area contributed by atoms with Gasteiger partial charge in [-0.05, 0) is 41.7 Å². The molecule has 0 aliphatic heterocycles. The van der Waals surface area contributed by atoms with Crippen LogP contribution >= 0.6 is 0 Å². The Hall–Kier alpha value is -3.61. The Morgan fingerprint density at radius 1 is 1.12 bits per heavy atom. The number of primary amides is 1. The first-order valence-electron chi connectivity index (χ1n) is 10.8. The van der Waals surface area contributed by atoms with E-state index in [1.807, 2.05) is 42.5 Å². The van der Waals surface area contributed by atoms with Gasteiger partial charge >= 0.3 is 6.03 Å². The van der Waals surface area contributed by atoms with Crippen molar-refractivity contribution in [1.29, 1.82) is 0 Å². The highest BCUT2D eigenvalue weighted by Crippen LogP contribution is 2.31. The van der Waals surface area contributed by atoms with Crippen LogP contribution in [-0.2, 0) is 23.1 Å². The van der Waals surface area contributed by atoms with E-state index in [2.05, 4.69) is 43.5 Å². The number of nitrogens with one attached hydrogen (secondary N) is 2. The average molecular weight is 432 g/mol. The minimum Gasteiger partial charge on any atom is -0.369 e. The van der Waals surface area contributed by atoms with Crippen LogP contribution in [0, 0.1) is 0 Å². The molecule has 0 radical (unpaired) electrons. The zero-order valence-electron chi connectivity index (χ0n) is 18.7. The molecule has 4 rings (SSSR count). The Bertz CT molecular complexity index is 1160. The summed E-state index contributed by atoms with van der Waals surface area (Å²) < 4.78 is 1.70. The van der Waals surface area contributed by atoms with Gasteiger partial charge in [-0.3, -0.25) is 10.1 Å². The average Bonchev–Trinajstić information content (AvgIpc) is 3.32. The van der Waals surface area contributed by atoms with Crippen LogP contribution in [0.2, 0.25) is 0 Å². The van der Waals surface area contributed by atoms with Crippen LogP contribution in [0.3, 0.4) is 0 Å². The molecule has 0 spiro atoms. The maximum atomic E-state index is 12.9. The molecule has 3 amide bonds. The van der Waals surface area contributed by atoms with E-state index in [4.69, 9.17) is 10.8 Å². The van der Waals surface area contributed by atoms with Gasteiger partial charge in [0.25, 0.3) is 0 Å². The summed E-state index contributed by atoms with van der Waals surface area (Å²) in [7, 11) is 0. The lowest BCUT2D eigenvalue weighted by Crippen LogP contribution is -2.32. The van der Waals surface area contributed by atoms with Crippen LogP contribution in [0.5, 0.6) is 0 Å². The Kier molecular flexibility index (Phi) is 5.74. The molecule has 7 nitrogen and oxygen atoms in total. The lowest BCUT2D eigenvalue weighted by atomic mass is 9.92. The van der Waals surface area contributed by atoms with Crippen molar-refractivity contribution in [1.82, 2.24) is 15.1 Å². The fourth-order valence-corrected chi connectivity index (χ4v) is 4.05. The molecule has 1 aliphatic rings. The molecule has 166 valence electrons. The summed E-state index contributed by atoms with van der Waals surface area (Å²) in [6.45, 7) is 6.22. The highest BCUT2D eigenvalue weighted by molar-refractivity contribution is 5.89. The lowest BCUT2D eigenvalue weighted by molar-refractivity contribution is -0.117. The number of carbonyl (C=O) groups is 2. The summed E-state index contributed by atoms with van der Waals surface area (Å²) in [5.74, 6) is 0.169. The number of amides is 3. The van der Waals surface area contributed by atoms with E-state index < -0.39 is 5.91 Å². The zero-order valence-corrected chi connectivity index (χ0v) is 18.7. The van der Waals surface area contributed by atoms with Crippen molar-refractivity contribution < 1.29 is 9.59 Å². The Morgan fingerprint density at radius 2 is 1.91 bits per heavy atom. The molecule has 0 saturated carbocycles. The number of carbonyl (C=O) groups excluding carboxylic acids is 2. The SMILES string of the molecule is CC(C)(C)c1cc(NC(=O)N[C@H]2CCc3ccccc32)n(-c2cccc(CC(N)=O)c2)n1. The van der Waals surface area contributed by atoms with Gasteiger partial charge in [-0.1, -0.05) is 57.2 Å². The van der Waals surface area contributed by atoms with Gasteiger partial charge in [0.2, 0.25) is 5.91 Å². The van der Waals surface area contributed by atoms with Gasteiger partial charge in [-0.25, -0.2) is 9.48 Å². The molecule has 3 aromatic rings. The number of nitrogens with two attached hydrogens (primary N) is 1. The molecule has 0 fully saturated rings. The number of rotatable bonds is 5. The number of hydrogen-bond acceptors (Lipinski definition) is 3. The van der Waals surface area contributed by atoms with Crippen molar-refractivity contribution in [2.45, 2.75) is 51.5 Å². The van der Waals surface area contributed by atoms with Gasteiger partial charge < -0.3 is 11.1 Å². The molecule has 32 heavy (non-hydrogen) atoms. The topological polar surface area (TPSA) is 102 Å². The summed E-state index contributed by atoms with van der Waals surface area (Å²) in [6, 6.07) is 17.3. The van der Waals surface area contributed by atoms with E-state index in [9.17, 15) is 9.59 Å². The number of anilines is 1. The standard InChI is InChI=1S/C25H29N5O2/c1-25(2,3)21-15-23(30(29-21)18-9-6-7-16(13-18)14-22(26)31)28-24(32)27-20-12-11-17-8-4-5-10-19(17)20/h4-10,13,15,20H,11-12,14H2,1-3H3,(H2,26,31)(H2,27,28,32)/t20-/m0/s1. The van der Waals surface area contributed by atoms with Crippen LogP contribution < -0.4 is 16.4 Å². The second-order valence-corrected chi connectivity index (χ2v) is 9.28. The van der Waals surface area contributed by atoms with Crippen molar-refractivity contribution in [3.05, 3.63) is 77.0 Å². The Labute approximate surface area is 188 Å². The van der Waals surface area contributed by atoms with Crippen LogP contribution in [0.25, 0.3) is 5.69 Å². The number of aryl methyl sites for hydroxylation is 1. The first-order chi connectivity index (χ1) is 15.2. The molecule has 1 aliphatic carbocycles. The summed E-state index contributed by atoms with van der Waals surface area (Å²) in [6.07, 6.45) is 1.99. The van der Waals surface area contributed by atoms with E-state index in [1.165, 1.54) is 11.1 Å². The van der Waals surface area contributed by atoms with Crippen molar-refractivity contribution >= 4 is 17.8 Å². The number of fused-ring (bicyclic) bond motifs is 1. The van der Waals surface area contributed by atoms with Crippen LogP contribution in [0.15, 0.2) is 54.6 Å². The highest BCUT2D eigenvalue weighted by Gasteiger charge is 2.25. The van der Waals surface area contributed by atoms with Crippen LogP contribution in [-0.4, -0.2) is 21.7 Å². The molecule has 4 N–H and O–H groups in total. The molecule has 0 saturated heterocycles. The summed E-state index contributed by atoms with van der Waals surface area (Å²) in [5, 5.41) is 10.8. The molecule has 1 heterocycles. The Morgan fingerprint density at radius 3 is 2.66 bits per heavy atom. The summed E-state index contributed by atoms with van der Waals surface area (Å²) >= 11 is 0. The minimum atomic E-state index is -0.396. The molecule has 7 heteroatoms. The fourth-order valence-electron chi connectivity index (χ4n) is 4.05. The zero-order chi connectivity index (χ0) is 22.9. The minimum absolute atomic E-state index is 0.0106. The largest absolute Gasteiger partial charge is 0.369 e. The van der Waals surface area contributed by atoms with Gasteiger partial charge in [0.1, 0.15) is 5.82 Å². The van der Waals surface area contributed by atoms with Gasteiger partial charge in [0, 0.05) is 11.5 Å². The quantitative estimate of drug-likeness (QED) is 0.569. The first-order valence-corrected chi connectivity index (χ1v) is 10.8. The third kappa shape index (κ3) is 4.66. The maximum absolute atomic E-state index is 12.9.